The fourth-order valence-electron chi connectivity index (χ4n) is 3.36. The van der Waals surface area contributed by atoms with Gasteiger partial charge >= 0.3 is 0 Å². The van der Waals surface area contributed by atoms with Gasteiger partial charge in [0.2, 0.25) is 5.91 Å². The first kappa shape index (κ1) is 18.6. The van der Waals surface area contributed by atoms with Crippen molar-refractivity contribution in [2.24, 2.45) is 13.0 Å². The molecule has 4 rings (SSSR count). The van der Waals surface area contributed by atoms with Crippen molar-refractivity contribution in [1.82, 2.24) is 15.1 Å². The van der Waals surface area contributed by atoms with Crippen LogP contribution in [0.3, 0.4) is 0 Å². The average Bonchev–Trinajstić information content (AvgIpc) is 3.36. The van der Waals surface area contributed by atoms with Crippen molar-refractivity contribution in [3.8, 4) is 10.4 Å². The minimum absolute atomic E-state index is 0. The van der Waals surface area contributed by atoms with Gasteiger partial charge in [0.1, 0.15) is 0 Å². The van der Waals surface area contributed by atoms with Crippen LogP contribution in [-0.4, -0.2) is 28.8 Å². The van der Waals surface area contributed by atoms with Gasteiger partial charge < -0.3 is 10.6 Å². The maximum atomic E-state index is 12.8. The minimum Gasteiger partial charge on any atom is -0.326 e. The Bertz CT molecular complexity index is 877. The summed E-state index contributed by atoms with van der Waals surface area (Å²) in [7, 11) is 1.90. The van der Waals surface area contributed by atoms with Crippen LogP contribution in [-0.2, 0) is 11.8 Å². The smallest absolute Gasteiger partial charge is 0.229 e. The van der Waals surface area contributed by atoms with Gasteiger partial charge in [0.25, 0.3) is 0 Å². The molecule has 5 nitrogen and oxygen atoms in total. The predicted octanol–water partition coefficient (Wildman–Crippen LogP) is 3.51. The molecule has 1 aliphatic heterocycles. The Hall–Kier alpha value is -2.15. The van der Waals surface area contributed by atoms with Crippen molar-refractivity contribution < 1.29 is 4.79 Å². The Balaban J connectivity index is 0.00000196. The first-order valence-corrected chi connectivity index (χ1v) is 9.23. The molecule has 1 aliphatic rings. The van der Waals surface area contributed by atoms with Crippen molar-refractivity contribution in [2.75, 3.05) is 18.4 Å². The summed E-state index contributed by atoms with van der Waals surface area (Å²) in [4.78, 5) is 14.0. The molecule has 0 unspecified atom stereocenters. The molecule has 1 fully saturated rings. The van der Waals surface area contributed by atoms with Crippen molar-refractivity contribution in [1.29, 1.82) is 0 Å². The summed E-state index contributed by atoms with van der Waals surface area (Å²) in [6, 6.07) is 12.1. The molecule has 0 bridgehead atoms. The molecular weight excluding hydrogens is 368 g/mol. The Morgan fingerprint density at radius 1 is 1.31 bits per heavy atom. The number of nitrogens with zero attached hydrogens (tertiary/aromatic N) is 2. The highest BCUT2D eigenvalue weighted by Crippen LogP contribution is 2.30. The fourth-order valence-corrected chi connectivity index (χ4v) is 4.09. The number of anilines is 1. The van der Waals surface area contributed by atoms with Crippen LogP contribution in [0.4, 0.5) is 5.69 Å². The normalized spacial score (nSPS) is 19.1. The third-order valence-corrected chi connectivity index (χ3v) is 5.56. The van der Waals surface area contributed by atoms with E-state index in [-0.39, 0.29) is 30.2 Å². The molecule has 2 atom stereocenters. The second-order valence-electron chi connectivity index (χ2n) is 6.37. The Kier molecular flexibility index (Phi) is 5.76. The maximum Gasteiger partial charge on any atom is 0.229 e. The lowest BCUT2D eigenvalue weighted by molar-refractivity contribution is -0.119. The zero-order chi connectivity index (χ0) is 17.2. The van der Waals surface area contributed by atoms with Crippen molar-refractivity contribution in [3.63, 3.8) is 0 Å². The van der Waals surface area contributed by atoms with Crippen molar-refractivity contribution in [3.05, 3.63) is 59.7 Å². The van der Waals surface area contributed by atoms with E-state index in [9.17, 15) is 4.79 Å². The highest BCUT2D eigenvalue weighted by Gasteiger charge is 2.34. The highest BCUT2D eigenvalue weighted by molar-refractivity contribution is 7.13. The van der Waals surface area contributed by atoms with Gasteiger partial charge in [-0.25, -0.2) is 0 Å². The molecule has 3 heterocycles. The lowest BCUT2D eigenvalue weighted by Gasteiger charge is -2.17. The molecule has 7 heteroatoms. The first-order valence-electron chi connectivity index (χ1n) is 8.35. The molecule has 0 radical (unpaired) electrons. The van der Waals surface area contributed by atoms with Crippen LogP contribution in [0.15, 0.2) is 54.2 Å². The molecule has 2 aromatic heterocycles. The number of carbonyl (C=O) groups is 1. The van der Waals surface area contributed by atoms with Crippen LogP contribution in [0.2, 0.25) is 0 Å². The molecule has 3 aromatic rings. The Morgan fingerprint density at radius 3 is 2.92 bits per heavy atom. The number of nitrogens with one attached hydrogen (secondary N) is 2. The number of rotatable bonds is 4. The van der Waals surface area contributed by atoms with Crippen molar-refractivity contribution >= 4 is 35.3 Å². The van der Waals surface area contributed by atoms with Gasteiger partial charge in [0.15, 0.2) is 0 Å². The number of aryl methyl sites for hydroxylation is 1. The zero-order valence-electron chi connectivity index (χ0n) is 14.4. The first-order chi connectivity index (χ1) is 12.2. The summed E-state index contributed by atoms with van der Waals surface area (Å²) in [5.41, 5.74) is 3.08. The van der Waals surface area contributed by atoms with E-state index >= 15 is 0 Å². The second kappa shape index (κ2) is 8.03. The van der Waals surface area contributed by atoms with E-state index in [0.29, 0.717) is 6.54 Å². The van der Waals surface area contributed by atoms with Crippen LogP contribution in [0.25, 0.3) is 10.4 Å². The summed E-state index contributed by atoms with van der Waals surface area (Å²) in [5, 5.41) is 12.7. The minimum atomic E-state index is -0.0883. The van der Waals surface area contributed by atoms with Gasteiger partial charge in [-0.3, -0.25) is 9.48 Å². The van der Waals surface area contributed by atoms with Crippen molar-refractivity contribution in [2.45, 2.75) is 5.92 Å². The van der Waals surface area contributed by atoms with Gasteiger partial charge in [0, 0.05) is 42.8 Å². The lowest BCUT2D eigenvalue weighted by atomic mass is 9.90. The summed E-state index contributed by atoms with van der Waals surface area (Å²) in [6.45, 7) is 1.50. The molecular formula is C19H21ClN4OS. The number of amides is 1. The monoisotopic (exact) mass is 388 g/mol. The maximum absolute atomic E-state index is 12.8. The highest BCUT2D eigenvalue weighted by atomic mass is 35.5. The molecule has 26 heavy (non-hydrogen) atoms. The van der Waals surface area contributed by atoms with Crippen LogP contribution in [0, 0.1) is 5.92 Å². The predicted molar refractivity (Wildman–Crippen MR) is 108 cm³/mol. The molecule has 1 aromatic carbocycles. The molecule has 0 aliphatic carbocycles. The summed E-state index contributed by atoms with van der Waals surface area (Å²) in [5.74, 6) is 0.131. The van der Waals surface area contributed by atoms with Gasteiger partial charge in [-0.2, -0.15) is 5.10 Å². The fraction of sp³-hybridized carbons (Fsp3) is 0.263. The van der Waals surface area contributed by atoms with Crippen LogP contribution >= 0.6 is 23.7 Å². The van der Waals surface area contributed by atoms with E-state index in [1.807, 2.05) is 43.7 Å². The molecule has 0 spiro atoms. The third kappa shape index (κ3) is 3.82. The quantitative estimate of drug-likeness (QED) is 0.719. The standard InChI is InChI=1S/C19H20N4OS.ClH/c1-23-12-14(9-21-23)16-10-20-11-17(16)19(24)22-15-5-2-4-13(8-15)18-6-3-7-25-18;/h2-9,12,16-17,20H,10-11H2,1H3,(H,22,24);1H/t16-,17+;/m1./s1. The summed E-state index contributed by atoms with van der Waals surface area (Å²) < 4.78 is 1.78. The summed E-state index contributed by atoms with van der Waals surface area (Å²) in [6.07, 6.45) is 3.85. The zero-order valence-corrected chi connectivity index (χ0v) is 16.0. The van der Waals surface area contributed by atoms with E-state index in [4.69, 9.17) is 0 Å². The number of carbonyl (C=O) groups excluding carboxylic acids is 1. The molecule has 2 N–H and O–H groups in total. The van der Waals surface area contributed by atoms with Gasteiger partial charge in [-0.1, -0.05) is 18.2 Å². The second-order valence-corrected chi connectivity index (χ2v) is 7.31. The number of aromatic nitrogens is 2. The molecule has 0 saturated carbocycles. The Morgan fingerprint density at radius 2 is 2.19 bits per heavy atom. The van der Waals surface area contributed by atoms with E-state index in [1.54, 1.807) is 16.0 Å². The number of hydrogen-bond donors (Lipinski definition) is 2. The topological polar surface area (TPSA) is 59.0 Å². The van der Waals surface area contributed by atoms with Gasteiger partial charge in [0.05, 0.1) is 12.1 Å². The average molecular weight is 389 g/mol. The molecule has 1 amide bonds. The van der Waals surface area contributed by atoms with E-state index in [2.05, 4.69) is 33.2 Å². The SMILES string of the molecule is Cl.Cn1cc([C@H]2CNC[C@@H]2C(=O)Nc2cccc(-c3cccs3)c2)cn1. The number of halogens is 1. The number of hydrogen-bond acceptors (Lipinski definition) is 4. The van der Waals surface area contributed by atoms with E-state index < -0.39 is 0 Å². The van der Waals surface area contributed by atoms with Crippen LogP contribution in [0.1, 0.15) is 11.5 Å². The molecule has 1 saturated heterocycles. The Labute approximate surface area is 162 Å². The van der Waals surface area contributed by atoms with E-state index in [0.717, 1.165) is 23.4 Å². The number of benzene rings is 1. The van der Waals surface area contributed by atoms with Gasteiger partial charge in [-0.15, -0.1) is 23.7 Å². The number of thiophene rings is 1. The van der Waals surface area contributed by atoms with Crippen LogP contribution < -0.4 is 10.6 Å². The van der Waals surface area contributed by atoms with Gasteiger partial charge in [-0.05, 0) is 34.7 Å². The summed E-state index contributed by atoms with van der Waals surface area (Å²) >= 11 is 1.70. The third-order valence-electron chi connectivity index (χ3n) is 4.64. The largest absolute Gasteiger partial charge is 0.326 e. The molecule has 136 valence electrons. The van der Waals surface area contributed by atoms with E-state index in [1.165, 1.54) is 4.88 Å². The van der Waals surface area contributed by atoms with Crippen LogP contribution in [0.5, 0.6) is 0 Å². The lowest BCUT2D eigenvalue weighted by Crippen LogP contribution is -2.28.